The summed E-state index contributed by atoms with van der Waals surface area (Å²) < 4.78 is 5.99. The molecule has 0 heterocycles. The van der Waals surface area contributed by atoms with Crippen molar-refractivity contribution in [2.45, 2.75) is 6.04 Å². The van der Waals surface area contributed by atoms with E-state index in [4.69, 9.17) is 16.2 Å². The summed E-state index contributed by atoms with van der Waals surface area (Å²) in [7, 11) is 1.58. The number of carbonyl (C=O) groups excluding carboxylic acids is 1. The van der Waals surface area contributed by atoms with Gasteiger partial charge in [0.25, 0.3) is 0 Å². The number of primary amides is 1. The maximum absolute atomic E-state index is 10.7. The van der Waals surface area contributed by atoms with Crippen molar-refractivity contribution in [3.05, 3.63) is 22.7 Å². The van der Waals surface area contributed by atoms with Gasteiger partial charge >= 0.3 is 0 Å². The Kier molecular flexibility index (Phi) is 4.57. The molecule has 1 atom stereocenters. The van der Waals surface area contributed by atoms with Crippen LogP contribution in [0.5, 0.6) is 5.75 Å². The number of hydrogen-bond donors (Lipinski definition) is 3. The van der Waals surface area contributed by atoms with Crippen molar-refractivity contribution in [1.82, 2.24) is 0 Å². The Hall–Kier alpha value is -1.27. The van der Waals surface area contributed by atoms with E-state index >= 15 is 0 Å². The third-order valence-corrected chi connectivity index (χ3v) is 2.70. The van der Waals surface area contributed by atoms with E-state index in [1.165, 1.54) is 0 Å². The first-order chi connectivity index (χ1) is 7.54. The van der Waals surface area contributed by atoms with Gasteiger partial charge in [-0.15, -0.1) is 0 Å². The van der Waals surface area contributed by atoms with Gasteiger partial charge in [0.1, 0.15) is 11.8 Å². The summed E-state index contributed by atoms with van der Waals surface area (Å²) in [5.74, 6) is 0.175. The molecular formula is C10H14BrN3O2. The lowest BCUT2D eigenvalue weighted by molar-refractivity contribution is -0.118. The number of rotatable bonds is 5. The summed E-state index contributed by atoms with van der Waals surface area (Å²) in [6.45, 7) is 0.292. The molecule has 0 aromatic heterocycles. The lowest BCUT2D eigenvalue weighted by Gasteiger charge is -2.12. The van der Waals surface area contributed by atoms with E-state index in [-0.39, 0.29) is 0 Å². The zero-order chi connectivity index (χ0) is 12.1. The van der Waals surface area contributed by atoms with Gasteiger partial charge in [-0.05, 0) is 28.1 Å². The second-order valence-corrected chi connectivity index (χ2v) is 4.09. The molecule has 0 aliphatic carbocycles. The normalized spacial score (nSPS) is 11.9. The zero-order valence-electron chi connectivity index (χ0n) is 8.87. The average Bonchev–Trinajstić information content (AvgIpc) is 2.27. The van der Waals surface area contributed by atoms with Crippen LogP contribution in [0.1, 0.15) is 0 Å². The fourth-order valence-electron chi connectivity index (χ4n) is 1.10. The Balaban J connectivity index is 2.64. The van der Waals surface area contributed by atoms with E-state index in [1.54, 1.807) is 13.2 Å². The molecule has 0 radical (unpaired) electrons. The van der Waals surface area contributed by atoms with Crippen LogP contribution in [0.3, 0.4) is 0 Å². The van der Waals surface area contributed by atoms with Crippen LogP contribution >= 0.6 is 15.9 Å². The summed E-state index contributed by atoms with van der Waals surface area (Å²) in [5, 5.41) is 3.00. The van der Waals surface area contributed by atoms with Crippen LogP contribution < -0.4 is 21.5 Å². The predicted octanol–water partition coefficient (Wildman–Crippen LogP) is 0.682. The number of ether oxygens (including phenoxy) is 1. The van der Waals surface area contributed by atoms with E-state index in [0.29, 0.717) is 12.3 Å². The average molecular weight is 288 g/mol. The highest BCUT2D eigenvalue weighted by atomic mass is 79.9. The first kappa shape index (κ1) is 12.8. The molecule has 6 heteroatoms. The Morgan fingerprint density at radius 1 is 1.62 bits per heavy atom. The van der Waals surface area contributed by atoms with Crippen molar-refractivity contribution in [2.75, 3.05) is 19.0 Å². The van der Waals surface area contributed by atoms with Crippen molar-refractivity contribution in [1.29, 1.82) is 0 Å². The number of methoxy groups -OCH3 is 1. The second kappa shape index (κ2) is 5.72. The van der Waals surface area contributed by atoms with Gasteiger partial charge in [0.2, 0.25) is 5.91 Å². The molecular weight excluding hydrogens is 274 g/mol. The van der Waals surface area contributed by atoms with Crippen molar-refractivity contribution >= 4 is 27.5 Å². The summed E-state index contributed by atoms with van der Waals surface area (Å²) >= 11 is 3.34. The molecule has 0 saturated heterocycles. The monoisotopic (exact) mass is 287 g/mol. The number of halogens is 1. The molecule has 0 spiro atoms. The number of benzene rings is 1. The zero-order valence-corrected chi connectivity index (χ0v) is 10.5. The summed E-state index contributed by atoms with van der Waals surface area (Å²) in [6.07, 6.45) is 0. The van der Waals surface area contributed by atoms with Crippen LogP contribution in [0.15, 0.2) is 22.7 Å². The topological polar surface area (TPSA) is 90.4 Å². The van der Waals surface area contributed by atoms with Crippen molar-refractivity contribution < 1.29 is 9.53 Å². The number of anilines is 1. The van der Waals surface area contributed by atoms with Gasteiger partial charge in [-0.2, -0.15) is 0 Å². The summed E-state index contributed by atoms with van der Waals surface area (Å²) in [6, 6.07) is 4.80. The second-order valence-electron chi connectivity index (χ2n) is 3.24. The molecule has 0 saturated carbocycles. The number of nitrogens with two attached hydrogens (primary N) is 2. The molecule has 16 heavy (non-hydrogen) atoms. The minimum atomic E-state index is -0.699. The quantitative estimate of drug-likeness (QED) is 0.743. The first-order valence-electron chi connectivity index (χ1n) is 4.67. The Morgan fingerprint density at radius 3 is 2.88 bits per heavy atom. The SMILES string of the molecule is COc1cc(NCC(N)C(N)=O)ccc1Br. The standard InChI is InChI=1S/C10H14BrN3O2/c1-16-9-4-6(2-3-7(9)11)14-5-8(12)10(13)15/h2-4,8,14H,5,12H2,1H3,(H2,13,15). The number of amides is 1. The molecule has 0 aliphatic rings. The maximum Gasteiger partial charge on any atom is 0.236 e. The van der Waals surface area contributed by atoms with Crippen molar-refractivity contribution in [3.63, 3.8) is 0 Å². The molecule has 0 aliphatic heterocycles. The Bertz CT molecular complexity index is 384. The van der Waals surface area contributed by atoms with Gasteiger partial charge < -0.3 is 21.5 Å². The molecule has 1 amide bonds. The molecule has 5 nitrogen and oxygen atoms in total. The van der Waals surface area contributed by atoms with Crippen LogP contribution in [0, 0.1) is 0 Å². The van der Waals surface area contributed by atoms with Gasteiger partial charge in [0.05, 0.1) is 11.6 Å². The van der Waals surface area contributed by atoms with Gasteiger partial charge in [0.15, 0.2) is 0 Å². The molecule has 1 aromatic carbocycles. The highest BCUT2D eigenvalue weighted by Crippen LogP contribution is 2.27. The first-order valence-corrected chi connectivity index (χ1v) is 5.46. The highest BCUT2D eigenvalue weighted by molar-refractivity contribution is 9.10. The molecule has 88 valence electrons. The molecule has 1 aromatic rings. The number of carbonyl (C=O) groups is 1. The fourth-order valence-corrected chi connectivity index (χ4v) is 1.51. The van der Waals surface area contributed by atoms with E-state index in [2.05, 4.69) is 21.2 Å². The van der Waals surface area contributed by atoms with Gasteiger partial charge in [-0.3, -0.25) is 4.79 Å². The number of hydrogen-bond acceptors (Lipinski definition) is 4. The molecule has 0 bridgehead atoms. The molecule has 1 rings (SSSR count). The van der Waals surface area contributed by atoms with Crippen LogP contribution in [-0.4, -0.2) is 25.6 Å². The summed E-state index contributed by atoms with van der Waals surface area (Å²) in [5.41, 5.74) is 11.3. The van der Waals surface area contributed by atoms with E-state index in [9.17, 15) is 4.79 Å². The van der Waals surface area contributed by atoms with E-state index in [0.717, 1.165) is 10.2 Å². The minimum Gasteiger partial charge on any atom is -0.495 e. The van der Waals surface area contributed by atoms with Crippen LogP contribution in [-0.2, 0) is 4.79 Å². The third kappa shape index (κ3) is 3.39. The highest BCUT2D eigenvalue weighted by Gasteiger charge is 2.08. The minimum absolute atomic E-state index is 0.292. The largest absolute Gasteiger partial charge is 0.495 e. The number of nitrogens with one attached hydrogen (secondary N) is 1. The third-order valence-electron chi connectivity index (χ3n) is 2.04. The van der Waals surface area contributed by atoms with Crippen LogP contribution in [0.4, 0.5) is 5.69 Å². The van der Waals surface area contributed by atoms with Crippen LogP contribution in [0.25, 0.3) is 0 Å². The molecule has 1 unspecified atom stereocenters. The fraction of sp³-hybridized carbons (Fsp3) is 0.300. The van der Waals surface area contributed by atoms with Crippen LogP contribution in [0.2, 0.25) is 0 Å². The van der Waals surface area contributed by atoms with Gasteiger partial charge in [-0.1, -0.05) is 0 Å². The Morgan fingerprint density at radius 2 is 2.31 bits per heavy atom. The van der Waals surface area contributed by atoms with E-state index < -0.39 is 11.9 Å². The smallest absolute Gasteiger partial charge is 0.236 e. The lowest BCUT2D eigenvalue weighted by atomic mass is 10.2. The lowest BCUT2D eigenvalue weighted by Crippen LogP contribution is -2.41. The van der Waals surface area contributed by atoms with Gasteiger partial charge in [-0.25, -0.2) is 0 Å². The molecule has 5 N–H and O–H groups in total. The molecule has 0 fully saturated rings. The predicted molar refractivity (Wildman–Crippen MR) is 66.4 cm³/mol. The summed E-state index contributed by atoms with van der Waals surface area (Å²) in [4.78, 5) is 10.7. The van der Waals surface area contributed by atoms with Crippen molar-refractivity contribution in [2.24, 2.45) is 11.5 Å². The van der Waals surface area contributed by atoms with Crippen molar-refractivity contribution in [3.8, 4) is 5.75 Å². The van der Waals surface area contributed by atoms with Gasteiger partial charge in [0, 0.05) is 18.3 Å². The maximum atomic E-state index is 10.7. The van der Waals surface area contributed by atoms with E-state index in [1.807, 2.05) is 12.1 Å². The Labute approximate surface area is 102 Å².